The lowest BCUT2D eigenvalue weighted by Crippen LogP contribution is -2.38. The van der Waals surface area contributed by atoms with Crippen molar-refractivity contribution in [2.75, 3.05) is 13.1 Å². The number of nitrogens with zero attached hydrogens (tertiary/aromatic N) is 1. The van der Waals surface area contributed by atoms with Crippen LogP contribution in [0.3, 0.4) is 0 Å². The van der Waals surface area contributed by atoms with Gasteiger partial charge in [-0.3, -0.25) is 19.3 Å². The van der Waals surface area contributed by atoms with E-state index in [2.05, 4.69) is 5.32 Å². The third-order valence-corrected chi connectivity index (χ3v) is 3.17. The van der Waals surface area contributed by atoms with Crippen molar-refractivity contribution < 1.29 is 24.6 Å². The van der Waals surface area contributed by atoms with Crippen molar-refractivity contribution in [3.8, 4) is 0 Å². The maximum atomic E-state index is 12.0. The van der Waals surface area contributed by atoms with Crippen LogP contribution in [0.2, 0.25) is 0 Å². The van der Waals surface area contributed by atoms with Gasteiger partial charge < -0.3 is 15.5 Å². The van der Waals surface area contributed by atoms with Crippen molar-refractivity contribution in [3.05, 3.63) is 35.4 Å². The Morgan fingerprint density at radius 3 is 2.24 bits per heavy atom. The fourth-order valence-electron chi connectivity index (χ4n) is 2.10. The molecule has 0 aromatic heterocycles. The van der Waals surface area contributed by atoms with Gasteiger partial charge in [-0.05, 0) is 12.1 Å². The van der Waals surface area contributed by atoms with E-state index in [1.165, 1.54) is 0 Å². The summed E-state index contributed by atoms with van der Waals surface area (Å²) in [5, 5.41) is 19.8. The first-order chi connectivity index (χ1) is 10.0. The molecule has 1 aliphatic rings. The Bertz CT molecular complexity index is 535. The van der Waals surface area contributed by atoms with E-state index in [4.69, 9.17) is 10.2 Å². The second kappa shape index (κ2) is 6.47. The molecule has 21 heavy (non-hydrogen) atoms. The number of carbonyl (C=O) groups is 3. The summed E-state index contributed by atoms with van der Waals surface area (Å²) in [6, 6.07) is 6.57. The van der Waals surface area contributed by atoms with Crippen molar-refractivity contribution in [3.63, 3.8) is 0 Å². The zero-order valence-corrected chi connectivity index (χ0v) is 11.3. The van der Waals surface area contributed by atoms with Crippen molar-refractivity contribution in [1.29, 1.82) is 0 Å². The fourth-order valence-corrected chi connectivity index (χ4v) is 2.10. The van der Waals surface area contributed by atoms with Gasteiger partial charge >= 0.3 is 0 Å². The van der Waals surface area contributed by atoms with Gasteiger partial charge in [-0.15, -0.1) is 0 Å². The lowest BCUT2D eigenvalue weighted by Gasteiger charge is -2.14. The molecule has 1 aliphatic heterocycles. The smallest absolute Gasteiger partial charge is 0.261 e. The molecule has 0 aliphatic carbocycles. The highest BCUT2D eigenvalue weighted by Crippen LogP contribution is 2.21. The van der Waals surface area contributed by atoms with Gasteiger partial charge in [0.15, 0.2) is 6.29 Å². The number of amides is 3. The van der Waals surface area contributed by atoms with Gasteiger partial charge in [0.05, 0.1) is 11.1 Å². The highest BCUT2D eigenvalue weighted by Gasteiger charge is 2.34. The molecule has 0 radical (unpaired) electrons. The van der Waals surface area contributed by atoms with Crippen LogP contribution in [0.25, 0.3) is 0 Å². The standard InChI is InChI=1S/C14H16N2O5/c17-11(5-6-12(18)19)15-7-8-16-13(20)9-3-1-2-4-10(9)14(16)21/h1-4,12,18-19H,5-8H2,(H,15,17). The van der Waals surface area contributed by atoms with Crippen molar-refractivity contribution >= 4 is 17.7 Å². The van der Waals surface area contributed by atoms with Gasteiger partial charge in [-0.2, -0.15) is 0 Å². The number of hydrogen-bond donors (Lipinski definition) is 3. The number of benzene rings is 1. The molecule has 0 saturated carbocycles. The average Bonchev–Trinajstić information content (AvgIpc) is 2.70. The highest BCUT2D eigenvalue weighted by atomic mass is 16.5. The Morgan fingerprint density at radius 2 is 1.71 bits per heavy atom. The van der Waals surface area contributed by atoms with Crippen LogP contribution in [0.15, 0.2) is 24.3 Å². The Hall–Kier alpha value is -2.25. The topological polar surface area (TPSA) is 107 Å². The third-order valence-electron chi connectivity index (χ3n) is 3.17. The first kappa shape index (κ1) is 15.1. The minimum absolute atomic E-state index is 0.0280. The van der Waals surface area contributed by atoms with E-state index in [0.717, 1.165) is 4.90 Å². The molecular weight excluding hydrogens is 276 g/mol. The van der Waals surface area contributed by atoms with Crippen LogP contribution >= 0.6 is 0 Å². The van der Waals surface area contributed by atoms with Crippen LogP contribution in [0.5, 0.6) is 0 Å². The van der Waals surface area contributed by atoms with Gasteiger partial charge in [0.25, 0.3) is 11.8 Å². The number of aliphatic hydroxyl groups is 2. The summed E-state index contributed by atoms with van der Waals surface area (Å²) in [5.74, 6) is -1.09. The molecule has 0 spiro atoms. The molecule has 3 N–H and O–H groups in total. The quantitative estimate of drug-likeness (QED) is 0.483. The van der Waals surface area contributed by atoms with Crippen LogP contribution < -0.4 is 5.32 Å². The minimum Gasteiger partial charge on any atom is -0.368 e. The van der Waals surface area contributed by atoms with E-state index < -0.39 is 6.29 Å². The third kappa shape index (κ3) is 3.45. The number of carbonyl (C=O) groups excluding carboxylic acids is 3. The Morgan fingerprint density at radius 1 is 1.14 bits per heavy atom. The molecular formula is C14H16N2O5. The van der Waals surface area contributed by atoms with Crippen LogP contribution in [-0.2, 0) is 4.79 Å². The largest absolute Gasteiger partial charge is 0.368 e. The van der Waals surface area contributed by atoms with Gasteiger partial charge in [-0.1, -0.05) is 12.1 Å². The van der Waals surface area contributed by atoms with Crippen LogP contribution in [0, 0.1) is 0 Å². The molecule has 3 amide bonds. The number of nitrogens with one attached hydrogen (secondary N) is 1. The number of aliphatic hydroxyl groups excluding tert-OH is 1. The number of rotatable bonds is 6. The molecule has 0 saturated heterocycles. The number of hydrogen-bond acceptors (Lipinski definition) is 5. The summed E-state index contributed by atoms with van der Waals surface area (Å²) < 4.78 is 0. The van der Waals surface area contributed by atoms with Crippen molar-refractivity contribution in [2.24, 2.45) is 0 Å². The van der Waals surface area contributed by atoms with E-state index in [-0.39, 0.29) is 43.7 Å². The maximum Gasteiger partial charge on any atom is 0.261 e. The van der Waals surface area contributed by atoms with Gasteiger partial charge in [-0.25, -0.2) is 0 Å². The Labute approximate surface area is 121 Å². The highest BCUT2D eigenvalue weighted by molar-refractivity contribution is 6.21. The van der Waals surface area contributed by atoms with Crippen molar-refractivity contribution in [1.82, 2.24) is 10.2 Å². The Balaban J connectivity index is 1.84. The molecule has 0 fully saturated rings. The Kier molecular flexibility index (Phi) is 4.66. The molecule has 7 heteroatoms. The minimum atomic E-state index is -1.52. The normalized spacial score (nSPS) is 13.8. The summed E-state index contributed by atoms with van der Waals surface area (Å²) in [5.41, 5.74) is 0.745. The zero-order chi connectivity index (χ0) is 15.4. The molecule has 2 rings (SSSR count). The van der Waals surface area contributed by atoms with Gasteiger partial charge in [0, 0.05) is 25.9 Å². The van der Waals surface area contributed by atoms with Gasteiger partial charge in [0.1, 0.15) is 0 Å². The summed E-state index contributed by atoms with van der Waals surface area (Å²) in [7, 11) is 0. The fraction of sp³-hybridized carbons (Fsp3) is 0.357. The number of fused-ring (bicyclic) bond motifs is 1. The van der Waals surface area contributed by atoms with Crippen LogP contribution in [0.4, 0.5) is 0 Å². The first-order valence-electron chi connectivity index (χ1n) is 6.58. The van der Waals surface area contributed by atoms with E-state index in [1.807, 2.05) is 0 Å². The lowest BCUT2D eigenvalue weighted by atomic mass is 10.1. The molecule has 0 bridgehead atoms. The second-order valence-corrected chi connectivity index (χ2v) is 4.68. The van der Waals surface area contributed by atoms with Crippen LogP contribution in [-0.4, -0.2) is 52.2 Å². The summed E-state index contributed by atoms with van der Waals surface area (Å²) >= 11 is 0. The average molecular weight is 292 g/mol. The molecule has 112 valence electrons. The zero-order valence-electron chi connectivity index (χ0n) is 11.3. The van der Waals surface area contributed by atoms with E-state index in [0.29, 0.717) is 11.1 Å². The molecule has 0 unspecified atom stereocenters. The van der Waals surface area contributed by atoms with E-state index >= 15 is 0 Å². The predicted molar refractivity (Wildman–Crippen MR) is 72.3 cm³/mol. The van der Waals surface area contributed by atoms with Crippen molar-refractivity contribution in [2.45, 2.75) is 19.1 Å². The SMILES string of the molecule is O=C(CCC(O)O)NCCN1C(=O)c2ccccc2C1=O. The monoisotopic (exact) mass is 292 g/mol. The molecule has 1 heterocycles. The summed E-state index contributed by atoms with van der Waals surface area (Å²) in [4.78, 5) is 36.5. The number of imide groups is 1. The lowest BCUT2D eigenvalue weighted by molar-refractivity contribution is -0.123. The van der Waals surface area contributed by atoms with E-state index in [9.17, 15) is 14.4 Å². The second-order valence-electron chi connectivity index (χ2n) is 4.68. The van der Waals surface area contributed by atoms with Gasteiger partial charge in [0.2, 0.25) is 5.91 Å². The molecule has 0 atom stereocenters. The van der Waals surface area contributed by atoms with E-state index in [1.54, 1.807) is 24.3 Å². The van der Waals surface area contributed by atoms with Crippen LogP contribution in [0.1, 0.15) is 33.6 Å². The predicted octanol–water partition coefficient (Wildman–Crippen LogP) is -0.510. The maximum absolute atomic E-state index is 12.0. The molecule has 1 aromatic carbocycles. The first-order valence-corrected chi connectivity index (χ1v) is 6.58. The molecule has 7 nitrogen and oxygen atoms in total. The summed E-state index contributed by atoms with van der Waals surface area (Å²) in [6.07, 6.45) is -1.61. The molecule has 1 aromatic rings. The summed E-state index contributed by atoms with van der Waals surface area (Å²) in [6.45, 7) is 0.214.